The fraction of sp³-hybridized carbons (Fsp3) is 0.450. The number of nitrogens with one attached hydrogen (secondary N) is 2. The van der Waals surface area contributed by atoms with Crippen LogP contribution < -0.4 is 10.1 Å². The normalized spacial score (nSPS) is 16.7. The van der Waals surface area contributed by atoms with E-state index in [1.54, 1.807) is 30.1 Å². The third-order valence-corrected chi connectivity index (χ3v) is 5.66. The van der Waals surface area contributed by atoms with E-state index in [0.29, 0.717) is 19.4 Å². The first-order chi connectivity index (χ1) is 14.1. The third-order valence-electron chi connectivity index (χ3n) is 5.01. The highest BCUT2D eigenvalue weighted by Gasteiger charge is 2.35. The van der Waals surface area contributed by atoms with Crippen molar-refractivity contribution in [1.82, 2.24) is 20.2 Å². The third kappa shape index (κ3) is 4.67. The molecule has 9 heteroatoms. The Morgan fingerprint density at radius 2 is 2.10 bits per heavy atom. The lowest BCUT2D eigenvalue weighted by molar-refractivity contribution is -0.142. The Labute approximate surface area is 174 Å². The Kier molecular flexibility index (Phi) is 7.03. The van der Waals surface area contributed by atoms with E-state index in [0.717, 1.165) is 28.5 Å². The summed E-state index contributed by atoms with van der Waals surface area (Å²) in [6.07, 6.45) is 4.79. The fourth-order valence-corrected chi connectivity index (χ4v) is 3.95. The molecule has 29 heavy (non-hydrogen) atoms. The molecule has 0 unspecified atom stereocenters. The van der Waals surface area contributed by atoms with Gasteiger partial charge < -0.3 is 24.7 Å². The summed E-state index contributed by atoms with van der Waals surface area (Å²) in [5.41, 5.74) is 2.75. The molecule has 0 spiro atoms. The van der Waals surface area contributed by atoms with Crippen LogP contribution in [-0.4, -0.2) is 65.7 Å². The predicted octanol–water partition coefficient (Wildman–Crippen LogP) is 2.37. The number of esters is 1. The zero-order valence-corrected chi connectivity index (χ0v) is 17.6. The molecule has 1 aromatic carbocycles. The quantitative estimate of drug-likeness (QED) is 0.670. The summed E-state index contributed by atoms with van der Waals surface area (Å²) in [6.45, 7) is 0.508. The van der Waals surface area contributed by atoms with Gasteiger partial charge in [0, 0.05) is 18.7 Å². The number of methoxy groups -OCH3 is 2. The molecule has 0 aliphatic carbocycles. The summed E-state index contributed by atoms with van der Waals surface area (Å²) < 4.78 is 10.1. The number of thioether (sulfide) groups is 1. The largest absolute Gasteiger partial charge is 0.497 e. The summed E-state index contributed by atoms with van der Waals surface area (Å²) in [5, 5.41) is 2.85. The smallest absolute Gasteiger partial charge is 0.328 e. The van der Waals surface area contributed by atoms with Crippen molar-refractivity contribution in [3.8, 4) is 5.75 Å². The number of urea groups is 1. The van der Waals surface area contributed by atoms with Crippen molar-refractivity contribution in [3.63, 3.8) is 0 Å². The van der Waals surface area contributed by atoms with E-state index in [1.807, 2.05) is 30.5 Å². The molecule has 2 aromatic rings. The van der Waals surface area contributed by atoms with Crippen LogP contribution in [0.5, 0.6) is 5.75 Å². The number of carbonyl (C=O) groups is 2. The molecule has 2 heterocycles. The van der Waals surface area contributed by atoms with E-state index >= 15 is 0 Å². The van der Waals surface area contributed by atoms with Crippen LogP contribution in [0.1, 0.15) is 29.4 Å². The van der Waals surface area contributed by atoms with E-state index in [9.17, 15) is 9.59 Å². The van der Waals surface area contributed by atoms with Gasteiger partial charge in [0.2, 0.25) is 0 Å². The van der Waals surface area contributed by atoms with Crippen LogP contribution in [-0.2, 0) is 16.0 Å². The van der Waals surface area contributed by atoms with Crippen molar-refractivity contribution in [1.29, 1.82) is 0 Å². The van der Waals surface area contributed by atoms with E-state index in [4.69, 9.17) is 9.47 Å². The SMILES string of the molecule is COC(=O)[C@H](CCSC)NC(=O)N1CCc2[nH]cnc2[C@H]1c1ccc(OC)cc1. The molecule has 156 valence electrons. The number of aromatic nitrogens is 2. The van der Waals surface area contributed by atoms with Gasteiger partial charge in [-0.25, -0.2) is 14.6 Å². The summed E-state index contributed by atoms with van der Waals surface area (Å²) in [4.78, 5) is 34.6. The number of amides is 2. The topological polar surface area (TPSA) is 96.6 Å². The average Bonchev–Trinajstić information content (AvgIpc) is 3.24. The molecule has 1 aliphatic heterocycles. The summed E-state index contributed by atoms with van der Waals surface area (Å²) in [6, 6.07) is 6.24. The number of rotatable bonds is 7. The molecule has 1 aliphatic rings. The van der Waals surface area contributed by atoms with E-state index in [2.05, 4.69) is 15.3 Å². The van der Waals surface area contributed by atoms with E-state index in [-0.39, 0.29) is 12.1 Å². The lowest BCUT2D eigenvalue weighted by Crippen LogP contribution is -2.51. The van der Waals surface area contributed by atoms with Crippen molar-refractivity contribution in [3.05, 3.63) is 47.5 Å². The molecule has 2 N–H and O–H groups in total. The lowest BCUT2D eigenvalue weighted by Gasteiger charge is -2.36. The van der Waals surface area contributed by atoms with Gasteiger partial charge in [0.05, 0.1) is 26.2 Å². The van der Waals surface area contributed by atoms with Crippen LogP contribution >= 0.6 is 11.8 Å². The maximum Gasteiger partial charge on any atom is 0.328 e. The van der Waals surface area contributed by atoms with Crippen LogP contribution in [0.25, 0.3) is 0 Å². The number of benzene rings is 1. The second-order valence-corrected chi connectivity index (χ2v) is 7.68. The first kappa shape index (κ1) is 21.0. The molecule has 1 aromatic heterocycles. The summed E-state index contributed by atoms with van der Waals surface area (Å²) >= 11 is 1.61. The molecule has 0 saturated heterocycles. The Balaban J connectivity index is 1.87. The monoisotopic (exact) mass is 418 g/mol. The molecular weight excluding hydrogens is 392 g/mol. The van der Waals surface area contributed by atoms with Gasteiger partial charge in [0.25, 0.3) is 0 Å². The van der Waals surface area contributed by atoms with Crippen LogP contribution in [0.3, 0.4) is 0 Å². The Hall–Kier alpha value is -2.68. The maximum absolute atomic E-state index is 13.2. The number of imidazole rings is 1. The molecule has 0 saturated carbocycles. The van der Waals surface area contributed by atoms with Gasteiger partial charge in [0.15, 0.2) is 0 Å². The van der Waals surface area contributed by atoms with Gasteiger partial charge in [-0.2, -0.15) is 11.8 Å². The van der Waals surface area contributed by atoms with Crippen LogP contribution in [0.4, 0.5) is 4.79 Å². The Morgan fingerprint density at radius 3 is 2.76 bits per heavy atom. The van der Waals surface area contributed by atoms with Crippen molar-refractivity contribution in [2.45, 2.75) is 24.9 Å². The molecule has 2 amide bonds. The Morgan fingerprint density at radius 1 is 1.34 bits per heavy atom. The number of fused-ring (bicyclic) bond motifs is 1. The minimum Gasteiger partial charge on any atom is -0.497 e. The number of carbonyl (C=O) groups excluding carboxylic acids is 2. The van der Waals surface area contributed by atoms with Crippen LogP contribution in [0.2, 0.25) is 0 Å². The second-order valence-electron chi connectivity index (χ2n) is 6.69. The van der Waals surface area contributed by atoms with E-state index in [1.165, 1.54) is 7.11 Å². The zero-order valence-electron chi connectivity index (χ0n) is 16.8. The highest BCUT2D eigenvalue weighted by molar-refractivity contribution is 7.98. The number of aromatic amines is 1. The molecule has 3 rings (SSSR count). The highest BCUT2D eigenvalue weighted by atomic mass is 32.2. The number of ether oxygens (including phenoxy) is 2. The fourth-order valence-electron chi connectivity index (χ4n) is 3.48. The zero-order chi connectivity index (χ0) is 20.8. The molecule has 0 radical (unpaired) electrons. The number of hydrogen-bond donors (Lipinski definition) is 2. The van der Waals surface area contributed by atoms with Crippen LogP contribution in [0.15, 0.2) is 30.6 Å². The first-order valence-electron chi connectivity index (χ1n) is 9.39. The second kappa shape index (κ2) is 9.69. The van der Waals surface area contributed by atoms with Gasteiger partial charge in [-0.1, -0.05) is 12.1 Å². The van der Waals surface area contributed by atoms with Crippen molar-refractivity contribution in [2.75, 3.05) is 32.8 Å². The first-order valence-corrected chi connectivity index (χ1v) is 10.8. The number of H-pyrrole nitrogens is 1. The van der Waals surface area contributed by atoms with Crippen molar-refractivity contribution < 1.29 is 19.1 Å². The lowest BCUT2D eigenvalue weighted by atomic mass is 9.96. The van der Waals surface area contributed by atoms with Gasteiger partial charge in [-0.3, -0.25) is 0 Å². The number of nitrogens with zero attached hydrogens (tertiary/aromatic N) is 2. The molecular formula is C20H26N4O4S. The van der Waals surface area contributed by atoms with Gasteiger partial charge in [-0.15, -0.1) is 0 Å². The predicted molar refractivity (Wildman–Crippen MR) is 111 cm³/mol. The summed E-state index contributed by atoms with van der Waals surface area (Å²) in [7, 11) is 2.94. The average molecular weight is 419 g/mol. The molecule has 0 fully saturated rings. The van der Waals surface area contributed by atoms with Gasteiger partial charge in [0.1, 0.15) is 17.8 Å². The van der Waals surface area contributed by atoms with Crippen molar-refractivity contribution >= 4 is 23.8 Å². The Bertz CT molecular complexity index is 839. The van der Waals surface area contributed by atoms with Gasteiger partial charge in [-0.05, 0) is 36.1 Å². The molecule has 0 bridgehead atoms. The standard InChI is InChI=1S/C20H26N4O4S/c1-27-14-6-4-13(5-7-14)18-17-15(21-12-22-17)8-10-24(18)20(26)23-16(9-11-29-3)19(25)28-2/h4-7,12,16,18H,8-11H2,1-3H3,(H,21,22)(H,23,26)/t16-,18+/m0/s1. The maximum atomic E-state index is 13.2. The van der Waals surface area contributed by atoms with Gasteiger partial charge >= 0.3 is 12.0 Å². The minimum atomic E-state index is -0.683. The summed E-state index contributed by atoms with van der Waals surface area (Å²) in [5.74, 6) is 1.04. The van der Waals surface area contributed by atoms with Crippen molar-refractivity contribution in [2.24, 2.45) is 0 Å². The molecule has 8 nitrogen and oxygen atoms in total. The highest BCUT2D eigenvalue weighted by Crippen LogP contribution is 2.34. The minimum absolute atomic E-state index is 0.309. The number of hydrogen-bond acceptors (Lipinski definition) is 6. The molecule has 2 atom stereocenters. The van der Waals surface area contributed by atoms with E-state index < -0.39 is 12.0 Å². The van der Waals surface area contributed by atoms with Crippen LogP contribution in [0, 0.1) is 0 Å².